The van der Waals surface area contributed by atoms with Gasteiger partial charge in [-0.1, -0.05) is 38.5 Å². The van der Waals surface area contributed by atoms with Gasteiger partial charge in [-0.3, -0.25) is 0 Å². The summed E-state index contributed by atoms with van der Waals surface area (Å²) in [4.78, 5) is 0. The van der Waals surface area contributed by atoms with E-state index in [4.69, 9.17) is 0 Å². The van der Waals surface area contributed by atoms with Crippen molar-refractivity contribution < 1.29 is 4.57 Å². The standard InChI is InChI=1S/C19H26N/c1-14-7-9-17(15(2)11-14)18-10-8-16(13-20(18)6)12-19(3,4)5/h7-11,13H,12H2,1-6H3/q+1. The van der Waals surface area contributed by atoms with Crippen molar-refractivity contribution in [2.45, 2.75) is 41.0 Å². The van der Waals surface area contributed by atoms with Crippen LogP contribution in [0.25, 0.3) is 11.3 Å². The van der Waals surface area contributed by atoms with Gasteiger partial charge < -0.3 is 0 Å². The van der Waals surface area contributed by atoms with Crippen LogP contribution in [0, 0.1) is 19.3 Å². The van der Waals surface area contributed by atoms with E-state index in [1.165, 1.54) is 27.9 Å². The van der Waals surface area contributed by atoms with Crippen molar-refractivity contribution in [1.82, 2.24) is 0 Å². The largest absolute Gasteiger partial charge is 0.212 e. The Bertz CT molecular complexity index is 618. The summed E-state index contributed by atoms with van der Waals surface area (Å²) in [6, 6.07) is 11.2. The van der Waals surface area contributed by atoms with Crippen LogP contribution in [0.15, 0.2) is 36.5 Å². The summed E-state index contributed by atoms with van der Waals surface area (Å²) >= 11 is 0. The lowest BCUT2D eigenvalue weighted by Crippen LogP contribution is -2.32. The summed E-state index contributed by atoms with van der Waals surface area (Å²) in [6.07, 6.45) is 3.37. The average molecular weight is 268 g/mol. The Balaban J connectivity index is 2.39. The van der Waals surface area contributed by atoms with Crippen molar-refractivity contribution in [3.05, 3.63) is 53.2 Å². The monoisotopic (exact) mass is 268 g/mol. The molecule has 1 heterocycles. The number of hydrogen-bond acceptors (Lipinski definition) is 0. The Hall–Kier alpha value is -1.63. The molecule has 20 heavy (non-hydrogen) atoms. The van der Waals surface area contributed by atoms with Crippen molar-refractivity contribution in [2.75, 3.05) is 0 Å². The number of hydrogen-bond donors (Lipinski definition) is 0. The van der Waals surface area contributed by atoms with Crippen molar-refractivity contribution in [1.29, 1.82) is 0 Å². The number of nitrogens with zero attached hydrogens (tertiary/aromatic N) is 1. The molecule has 0 saturated carbocycles. The number of pyridine rings is 1. The Morgan fingerprint density at radius 2 is 1.70 bits per heavy atom. The lowest BCUT2D eigenvalue weighted by molar-refractivity contribution is -0.660. The van der Waals surface area contributed by atoms with Gasteiger partial charge in [-0.2, -0.15) is 0 Å². The van der Waals surface area contributed by atoms with Crippen LogP contribution in [0.1, 0.15) is 37.5 Å². The minimum absolute atomic E-state index is 0.328. The number of rotatable bonds is 2. The maximum absolute atomic E-state index is 2.28. The Labute approximate surface area is 123 Å². The van der Waals surface area contributed by atoms with Gasteiger partial charge >= 0.3 is 0 Å². The van der Waals surface area contributed by atoms with Crippen molar-refractivity contribution in [3.63, 3.8) is 0 Å². The molecule has 0 amide bonds. The summed E-state index contributed by atoms with van der Waals surface area (Å²) in [7, 11) is 2.14. The first-order chi connectivity index (χ1) is 9.26. The van der Waals surface area contributed by atoms with Crippen molar-refractivity contribution in [3.8, 4) is 11.3 Å². The Kier molecular flexibility index (Phi) is 3.99. The molecule has 0 fully saturated rings. The second-order valence-corrected chi connectivity index (χ2v) is 7.09. The van der Waals surface area contributed by atoms with Crippen LogP contribution >= 0.6 is 0 Å². The molecule has 0 N–H and O–H groups in total. The highest BCUT2D eigenvalue weighted by atomic mass is 14.9. The molecular formula is C19H26N+. The fraction of sp³-hybridized carbons (Fsp3) is 0.421. The average Bonchev–Trinajstić information content (AvgIpc) is 2.28. The molecule has 0 spiro atoms. The number of aryl methyl sites for hydroxylation is 3. The van der Waals surface area contributed by atoms with Crippen LogP contribution in [0.4, 0.5) is 0 Å². The topological polar surface area (TPSA) is 3.88 Å². The maximum Gasteiger partial charge on any atom is 0.212 e. The van der Waals surface area contributed by atoms with Crippen LogP contribution in [-0.4, -0.2) is 0 Å². The summed E-state index contributed by atoms with van der Waals surface area (Å²) in [5, 5.41) is 0. The van der Waals surface area contributed by atoms with Crippen LogP contribution in [0.3, 0.4) is 0 Å². The van der Waals surface area contributed by atoms with E-state index in [0.717, 1.165) is 6.42 Å². The van der Waals surface area contributed by atoms with Gasteiger partial charge in [0.1, 0.15) is 7.05 Å². The molecule has 1 aromatic carbocycles. The van der Waals surface area contributed by atoms with E-state index in [1.807, 2.05) is 0 Å². The molecule has 0 aliphatic carbocycles. The van der Waals surface area contributed by atoms with E-state index in [-0.39, 0.29) is 0 Å². The SMILES string of the molecule is Cc1ccc(-c2ccc(CC(C)(C)C)c[n+]2C)c(C)c1. The quantitative estimate of drug-likeness (QED) is 0.711. The molecule has 2 aromatic rings. The van der Waals surface area contributed by atoms with E-state index < -0.39 is 0 Å². The normalized spacial score (nSPS) is 11.7. The fourth-order valence-electron chi connectivity index (χ4n) is 2.76. The number of benzene rings is 1. The lowest BCUT2D eigenvalue weighted by Gasteiger charge is -2.17. The van der Waals surface area contributed by atoms with E-state index in [2.05, 4.69) is 82.8 Å². The molecule has 0 unspecified atom stereocenters. The fourth-order valence-corrected chi connectivity index (χ4v) is 2.76. The molecule has 1 heteroatoms. The van der Waals surface area contributed by atoms with Crippen molar-refractivity contribution in [2.24, 2.45) is 12.5 Å². The minimum atomic E-state index is 0.328. The molecule has 0 atom stereocenters. The van der Waals surface area contributed by atoms with E-state index >= 15 is 0 Å². The minimum Gasteiger partial charge on any atom is -0.201 e. The second kappa shape index (κ2) is 5.40. The van der Waals surface area contributed by atoms with E-state index in [0.29, 0.717) is 5.41 Å². The third-order valence-corrected chi connectivity index (χ3v) is 3.59. The van der Waals surface area contributed by atoms with Gasteiger partial charge in [0.15, 0.2) is 6.20 Å². The zero-order valence-electron chi connectivity index (χ0n) is 13.6. The summed E-state index contributed by atoms with van der Waals surface area (Å²) in [5.41, 5.74) is 6.98. The molecule has 0 aliphatic rings. The van der Waals surface area contributed by atoms with Gasteiger partial charge in [0.05, 0.1) is 0 Å². The third-order valence-electron chi connectivity index (χ3n) is 3.59. The van der Waals surface area contributed by atoms with Gasteiger partial charge in [0.25, 0.3) is 0 Å². The van der Waals surface area contributed by atoms with Gasteiger partial charge in [-0.25, -0.2) is 4.57 Å². The van der Waals surface area contributed by atoms with E-state index in [9.17, 15) is 0 Å². The van der Waals surface area contributed by atoms with Gasteiger partial charge in [-0.15, -0.1) is 0 Å². The zero-order chi connectivity index (χ0) is 14.9. The molecule has 0 aliphatic heterocycles. The Morgan fingerprint density at radius 1 is 1.00 bits per heavy atom. The zero-order valence-corrected chi connectivity index (χ0v) is 13.6. The van der Waals surface area contributed by atoms with Gasteiger partial charge in [0, 0.05) is 17.2 Å². The highest BCUT2D eigenvalue weighted by Gasteiger charge is 2.16. The van der Waals surface area contributed by atoms with Gasteiger partial charge in [-0.05, 0) is 43.4 Å². The molecule has 106 valence electrons. The van der Waals surface area contributed by atoms with Crippen LogP contribution < -0.4 is 4.57 Å². The van der Waals surface area contributed by atoms with Gasteiger partial charge in [0.2, 0.25) is 5.69 Å². The summed E-state index contributed by atoms with van der Waals surface area (Å²) in [5.74, 6) is 0. The molecular weight excluding hydrogens is 242 g/mol. The Morgan fingerprint density at radius 3 is 2.25 bits per heavy atom. The number of aromatic nitrogens is 1. The predicted molar refractivity (Wildman–Crippen MR) is 85.7 cm³/mol. The molecule has 0 radical (unpaired) electrons. The highest BCUT2D eigenvalue weighted by Crippen LogP contribution is 2.23. The third kappa shape index (κ3) is 3.47. The van der Waals surface area contributed by atoms with Crippen molar-refractivity contribution >= 4 is 0 Å². The molecule has 0 bridgehead atoms. The smallest absolute Gasteiger partial charge is 0.201 e. The van der Waals surface area contributed by atoms with E-state index in [1.54, 1.807) is 0 Å². The second-order valence-electron chi connectivity index (χ2n) is 7.09. The molecule has 1 nitrogen and oxygen atoms in total. The predicted octanol–water partition coefficient (Wildman–Crippen LogP) is 4.38. The van der Waals surface area contributed by atoms with Crippen LogP contribution in [0.2, 0.25) is 0 Å². The summed E-state index contributed by atoms with van der Waals surface area (Å²) in [6.45, 7) is 11.2. The molecule has 1 aromatic heterocycles. The molecule has 2 rings (SSSR count). The lowest BCUT2D eigenvalue weighted by atomic mass is 9.88. The summed E-state index contributed by atoms with van der Waals surface area (Å²) < 4.78 is 2.25. The first-order valence-electron chi connectivity index (χ1n) is 7.32. The molecule has 0 saturated heterocycles. The van der Waals surface area contributed by atoms with Crippen LogP contribution in [-0.2, 0) is 13.5 Å². The highest BCUT2D eigenvalue weighted by molar-refractivity contribution is 5.61. The maximum atomic E-state index is 2.28. The first kappa shape index (κ1) is 14.8. The first-order valence-corrected chi connectivity index (χ1v) is 7.32. The van der Waals surface area contributed by atoms with Crippen LogP contribution in [0.5, 0.6) is 0 Å².